The van der Waals surface area contributed by atoms with Crippen molar-refractivity contribution in [2.24, 2.45) is 12.1 Å². The first-order valence-corrected chi connectivity index (χ1v) is 11.9. The lowest BCUT2D eigenvalue weighted by Gasteiger charge is -2.27. The number of hydrogen-bond acceptors (Lipinski definition) is 4. The summed E-state index contributed by atoms with van der Waals surface area (Å²) >= 11 is 12.4. The van der Waals surface area contributed by atoms with E-state index in [0.717, 1.165) is 17.0 Å². The maximum absolute atomic E-state index is 13.6. The molecule has 0 unspecified atom stereocenters. The Morgan fingerprint density at radius 2 is 1.83 bits per heavy atom. The van der Waals surface area contributed by atoms with Gasteiger partial charge in [0.25, 0.3) is 11.8 Å². The summed E-state index contributed by atoms with van der Waals surface area (Å²) in [6, 6.07) is 17.8. The number of amides is 2. The van der Waals surface area contributed by atoms with Crippen LogP contribution in [0.3, 0.4) is 0 Å². The van der Waals surface area contributed by atoms with E-state index in [1.807, 2.05) is 42.1 Å². The van der Waals surface area contributed by atoms with Crippen LogP contribution in [0.4, 0.5) is 0 Å². The Hall–Kier alpha value is -3.13. The van der Waals surface area contributed by atoms with Gasteiger partial charge in [-0.1, -0.05) is 47.5 Å². The molecule has 7 nitrogen and oxygen atoms in total. The van der Waals surface area contributed by atoms with Crippen LogP contribution in [0.2, 0.25) is 10.0 Å². The van der Waals surface area contributed by atoms with Gasteiger partial charge < -0.3 is 14.2 Å². The second-order valence-electron chi connectivity index (χ2n) is 8.26. The molecule has 0 bridgehead atoms. The molecule has 0 fully saturated rings. The van der Waals surface area contributed by atoms with Gasteiger partial charge in [0.05, 0.1) is 34.6 Å². The van der Waals surface area contributed by atoms with Crippen LogP contribution < -0.4 is 0 Å². The van der Waals surface area contributed by atoms with Crippen LogP contribution in [0, 0.1) is 0 Å². The van der Waals surface area contributed by atoms with E-state index in [2.05, 4.69) is 0 Å². The molecule has 2 amide bonds. The maximum atomic E-state index is 13.6. The van der Waals surface area contributed by atoms with Gasteiger partial charge in [-0.3, -0.25) is 9.59 Å². The fraction of sp³-hybridized carbons (Fsp3) is 0.269. The van der Waals surface area contributed by atoms with Gasteiger partial charge in [-0.25, -0.2) is 5.01 Å². The predicted molar refractivity (Wildman–Crippen MR) is 137 cm³/mol. The van der Waals surface area contributed by atoms with Gasteiger partial charge in [0.2, 0.25) is 0 Å². The molecule has 182 valence electrons. The standard InChI is InChI=1S/C26H26Cl2N4O3/c1-30-13-5-8-23(30)22-16-24(18-9-11-19(27)12-10-18)32(29-22)25(33)17-31(14-15-35-2)26(34)20-6-3-4-7-21(20)28/h3-13,24H,14-17H2,1-2H3/t24-/m1/s1. The van der Waals surface area contributed by atoms with E-state index >= 15 is 0 Å². The number of benzene rings is 2. The van der Waals surface area contributed by atoms with E-state index < -0.39 is 0 Å². The van der Waals surface area contributed by atoms with Gasteiger partial charge >= 0.3 is 0 Å². The molecule has 1 aromatic heterocycles. The molecule has 1 aliphatic rings. The summed E-state index contributed by atoms with van der Waals surface area (Å²) in [4.78, 5) is 28.3. The van der Waals surface area contributed by atoms with Crippen LogP contribution >= 0.6 is 23.2 Å². The Morgan fingerprint density at radius 1 is 1.09 bits per heavy atom. The van der Waals surface area contributed by atoms with Crippen molar-refractivity contribution in [3.63, 3.8) is 0 Å². The Morgan fingerprint density at radius 3 is 2.49 bits per heavy atom. The Bertz CT molecular complexity index is 1240. The van der Waals surface area contributed by atoms with Gasteiger partial charge in [-0.15, -0.1) is 0 Å². The zero-order valence-electron chi connectivity index (χ0n) is 19.5. The highest BCUT2D eigenvalue weighted by Gasteiger charge is 2.35. The third kappa shape index (κ3) is 5.59. The van der Waals surface area contributed by atoms with Crippen LogP contribution in [0.15, 0.2) is 72.0 Å². The van der Waals surface area contributed by atoms with E-state index in [0.29, 0.717) is 22.0 Å². The minimum Gasteiger partial charge on any atom is -0.383 e. The maximum Gasteiger partial charge on any atom is 0.262 e. The summed E-state index contributed by atoms with van der Waals surface area (Å²) in [5, 5.41) is 7.13. The van der Waals surface area contributed by atoms with E-state index in [1.54, 1.807) is 43.5 Å². The first kappa shape index (κ1) is 25.0. The van der Waals surface area contributed by atoms with Crippen LogP contribution in [0.25, 0.3) is 0 Å². The quantitative estimate of drug-likeness (QED) is 0.435. The third-order valence-corrected chi connectivity index (χ3v) is 6.52. The number of methoxy groups -OCH3 is 1. The molecular formula is C26H26Cl2N4O3. The lowest BCUT2D eigenvalue weighted by atomic mass is 10.0. The molecule has 1 atom stereocenters. The van der Waals surface area contributed by atoms with Crippen molar-refractivity contribution in [1.29, 1.82) is 0 Å². The zero-order chi connectivity index (χ0) is 24.9. The Balaban J connectivity index is 1.63. The fourth-order valence-electron chi connectivity index (χ4n) is 4.10. The number of hydrogen-bond donors (Lipinski definition) is 0. The van der Waals surface area contributed by atoms with Crippen LogP contribution in [-0.4, -0.2) is 58.8 Å². The number of ether oxygens (including phenoxy) is 1. The first-order valence-electron chi connectivity index (χ1n) is 11.2. The second-order valence-corrected chi connectivity index (χ2v) is 9.10. The van der Waals surface area contributed by atoms with E-state index in [4.69, 9.17) is 33.0 Å². The molecule has 35 heavy (non-hydrogen) atoms. The molecule has 9 heteroatoms. The molecule has 2 aromatic carbocycles. The molecule has 0 saturated heterocycles. The molecule has 0 N–H and O–H groups in total. The number of hydrazone groups is 1. The molecule has 2 heterocycles. The van der Waals surface area contributed by atoms with Gasteiger partial charge in [-0.05, 0) is 42.0 Å². The number of nitrogens with zero attached hydrogens (tertiary/aromatic N) is 4. The normalized spacial score (nSPS) is 15.3. The highest BCUT2D eigenvalue weighted by Crippen LogP contribution is 2.33. The summed E-state index contributed by atoms with van der Waals surface area (Å²) in [6.07, 6.45) is 2.48. The molecule has 1 aliphatic heterocycles. The molecule has 0 radical (unpaired) electrons. The number of aromatic nitrogens is 1. The summed E-state index contributed by atoms with van der Waals surface area (Å²) in [7, 11) is 3.49. The average Bonchev–Trinajstić information content (AvgIpc) is 3.48. The van der Waals surface area contributed by atoms with Gasteiger partial charge in [-0.2, -0.15) is 5.10 Å². The second kappa shape index (κ2) is 11.1. The summed E-state index contributed by atoms with van der Waals surface area (Å²) < 4.78 is 7.15. The smallest absolute Gasteiger partial charge is 0.262 e. The van der Waals surface area contributed by atoms with Crippen LogP contribution in [-0.2, 0) is 16.6 Å². The molecule has 4 rings (SSSR count). The average molecular weight is 513 g/mol. The largest absolute Gasteiger partial charge is 0.383 e. The minimum absolute atomic E-state index is 0.165. The first-order chi connectivity index (χ1) is 16.9. The van der Waals surface area contributed by atoms with Gasteiger partial charge in [0.15, 0.2) is 0 Å². The highest BCUT2D eigenvalue weighted by atomic mass is 35.5. The van der Waals surface area contributed by atoms with Gasteiger partial charge in [0, 0.05) is 38.3 Å². The van der Waals surface area contributed by atoms with Crippen LogP contribution in [0.1, 0.15) is 34.1 Å². The lowest BCUT2D eigenvalue weighted by Crippen LogP contribution is -2.42. The van der Waals surface area contributed by atoms with Crippen molar-refractivity contribution in [2.45, 2.75) is 12.5 Å². The van der Waals surface area contributed by atoms with Crippen molar-refractivity contribution in [2.75, 3.05) is 26.8 Å². The summed E-state index contributed by atoms with van der Waals surface area (Å²) in [6.45, 7) is 0.351. The third-order valence-electron chi connectivity index (χ3n) is 5.94. The topological polar surface area (TPSA) is 67.1 Å². The summed E-state index contributed by atoms with van der Waals surface area (Å²) in [5.41, 5.74) is 2.98. The van der Waals surface area contributed by atoms with Crippen molar-refractivity contribution in [3.05, 3.63) is 93.7 Å². The van der Waals surface area contributed by atoms with Crippen molar-refractivity contribution in [3.8, 4) is 0 Å². The van der Waals surface area contributed by atoms with E-state index in [9.17, 15) is 9.59 Å². The summed E-state index contributed by atoms with van der Waals surface area (Å²) in [5.74, 6) is -0.638. The van der Waals surface area contributed by atoms with Gasteiger partial charge in [0.1, 0.15) is 6.54 Å². The zero-order valence-corrected chi connectivity index (χ0v) is 21.0. The molecule has 0 saturated carbocycles. The highest BCUT2D eigenvalue weighted by molar-refractivity contribution is 6.33. The molecule has 3 aromatic rings. The lowest BCUT2D eigenvalue weighted by molar-refractivity contribution is -0.133. The predicted octanol–water partition coefficient (Wildman–Crippen LogP) is 4.80. The number of aryl methyl sites for hydroxylation is 1. The van der Waals surface area contributed by atoms with Crippen molar-refractivity contribution >= 4 is 40.7 Å². The Labute approximate surface area is 214 Å². The number of carbonyl (C=O) groups excluding carboxylic acids is 2. The fourth-order valence-corrected chi connectivity index (χ4v) is 4.44. The van der Waals surface area contributed by atoms with Crippen LogP contribution in [0.5, 0.6) is 0 Å². The van der Waals surface area contributed by atoms with Crippen molar-refractivity contribution < 1.29 is 14.3 Å². The number of carbonyl (C=O) groups is 2. The molecular weight excluding hydrogens is 487 g/mol. The molecule has 0 aliphatic carbocycles. The van der Waals surface area contributed by atoms with Crippen molar-refractivity contribution in [1.82, 2.24) is 14.5 Å². The van der Waals surface area contributed by atoms with E-state index in [-0.39, 0.29) is 37.6 Å². The monoisotopic (exact) mass is 512 g/mol. The number of halogens is 2. The Kier molecular flexibility index (Phi) is 7.90. The van der Waals surface area contributed by atoms with E-state index in [1.165, 1.54) is 9.91 Å². The minimum atomic E-state index is -0.338. The number of rotatable bonds is 8. The molecule has 0 spiro atoms. The SMILES string of the molecule is COCCN(CC(=O)N1N=C(c2cccn2C)C[C@@H]1c1ccc(Cl)cc1)C(=O)c1ccccc1Cl.